The topological polar surface area (TPSA) is 64.7 Å². The van der Waals surface area contributed by atoms with Gasteiger partial charge in [0.25, 0.3) is 0 Å². The van der Waals surface area contributed by atoms with Gasteiger partial charge in [-0.05, 0) is 47.0 Å². The molecule has 0 aliphatic heterocycles. The third-order valence-electron chi connectivity index (χ3n) is 7.75. The van der Waals surface area contributed by atoms with Crippen LogP contribution in [0, 0.1) is 0 Å². The molecule has 5 nitrogen and oxygen atoms in total. The first-order chi connectivity index (χ1) is 22.3. The highest BCUT2D eigenvalue weighted by Gasteiger charge is 2.17. The van der Waals surface area contributed by atoms with Crippen LogP contribution in [-0.2, 0) is 0 Å². The molecule has 0 radical (unpaired) electrons. The van der Waals surface area contributed by atoms with Crippen LogP contribution in [0.15, 0.2) is 162 Å². The second-order valence-electron chi connectivity index (χ2n) is 10.7. The van der Waals surface area contributed by atoms with E-state index >= 15 is 0 Å². The molecule has 8 rings (SSSR count). The average Bonchev–Trinajstić information content (AvgIpc) is 3.57. The lowest BCUT2D eigenvalue weighted by Crippen LogP contribution is -2.00. The summed E-state index contributed by atoms with van der Waals surface area (Å²) in [7, 11) is 0. The van der Waals surface area contributed by atoms with Gasteiger partial charge in [-0.25, -0.2) is 19.9 Å². The van der Waals surface area contributed by atoms with E-state index in [-0.39, 0.29) is 0 Å². The maximum absolute atomic E-state index is 6.38. The molecule has 0 spiro atoms. The molecule has 6 aromatic carbocycles. The van der Waals surface area contributed by atoms with Crippen molar-refractivity contribution < 1.29 is 4.42 Å². The van der Waals surface area contributed by atoms with Gasteiger partial charge in [0, 0.05) is 27.8 Å². The van der Waals surface area contributed by atoms with Crippen molar-refractivity contribution in [3.8, 4) is 67.9 Å². The lowest BCUT2D eigenvalue weighted by atomic mass is 9.96. The zero-order chi connectivity index (χ0) is 30.0. The van der Waals surface area contributed by atoms with Crippen molar-refractivity contribution in [3.05, 3.63) is 158 Å². The van der Waals surface area contributed by atoms with Crippen molar-refractivity contribution in [3.63, 3.8) is 0 Å². The van der Waals surface area contributed by atoms with E-state index in [1.54, 1.807) is 0 Å². The van der Waals surface area contributed by atoms with E-state index < -0.39 is 0 Å². The van der Waals surface area contributed by atoms with Crippen LogP contribution in [0.5, 0.6) is 0 Å². The molecule has 2 heterocycles. The van der Waals surface area contributed by atoms with Crippen molar-refractivity contribution in [2.24, 2.45) is 0 Å². The fourth-order valence-corrected chi connectivity index (χ4v) is 5.51. The van der Waals surface area contributed by atoms with Crippen LogP contribution in [0.1, 0.15) is 0 Å². The average molecular weight is 579 g/mol. The summed E-state index contributed by atoms with van der Waals surface area (Å²) >= 11 is 0. The predicted molar refractivity (Wildman–Crippen MR) is 180 cm³/mol. The molecule has 0 N–H and O–H groups in total. The van der Waals surface area contributed by atoms with Crippen molar-refractivity contribution in [1.82, 2.24) is 19.9 Å². The van der Waals surface area contributed by atoms with Crippen molar-refractivity contribution in [1.29, 1.82) is 0 Å². The largest absolute Gasteiger partial charge is 0.436 e. The summed E-state index contributed by atoms with van der Waals surface area (Å²) in [6.07, 6.45) is 0. The quantitative estimate of drug-likeness (QED) is 0.196. The first-order valence-electron chi connectivity index (χ1n) is 14.8. The molecule has 2 aromatic heterocycles. The first kappa shape index (κ1) is 26.4. The lowest BCUT2D eigenvalue weighted by Gasteiger charge is -2.10. The Labute approximate surface area is 260 Å². The maximum Gasteiger partial charge on any atom is 0.227 e. The molecule has 0 saturated carbocycles. The second-order valence-corrected chi connectivity index (χ2v) is 10.7. The summed E-state index contributed by atoms with van der Waals surface area (Å²) in [5.41, 5.74) is 9.39. The molecule has 45 heavy (non-hydrogen) atoms. The van der Waals surface area contributed by atoms with Crippen molar-refractivity contribution in [2.45, 2.75) is 0 Å². The predicted octanol–water partition coefficient (Wildman–Crippen LogP) is 10.0. The van der Waals surface area contributed by atoms with Crippen LogP contribution in [0.3, 0.4) is 0 Å². The Morgan fingerprint density at radius 1 is 0.333 bits per heavy atom. The summed E-state index contributed by atoms with van der Waals surface area (Å²) in [6.45, 7) is 0. The highest BCUT2D eigenvalue weighted by molar-refractivity contribution is 5.96. The minimum Gasteiger partial charge on any atom is -0.436 e. The molecular weight excluding hydrogens is 552 g/mol. The Balaban J connectivity index is 1.28. The standard InChI is InChI=1S/C40H26N4O/c1-5-14-27(15-6-1)34-25-33(26-35-36(34)41-40(45-35)30-20-11-4-12-21-30)31-22-13-23-32(24-31)39-43-37(28-16-7-2-8-17-28)42-38(44-39)29-18-9-3-10-19-29/h1-26H. The van der Waals surface area contributed by atoms with Gasteiger partial charge in [-0.15, -0.1) is 0 Å². The van der Waals surface area contributed by atoms with Crippen LogP contribution < -0.4 is 0 Å². The van der Waals surface area contributed by atoms with Crippen LogP contribution in [0.2, 0.25) is 0 Å². The number of aromatic nitrogens is 4. The Morgan fingerprint density at radius 2 is 0.800 bits per heavy atom. The van der Waals surface area contributed by atoms with Gasteiger partial charge >= 0.3 is 0 Å². The molecule has 0 bridgehead atoms. The van der Waals surface area contributed by atoms with E-state index in [1.807, 2.05) is 121 Å². The Kier molecular flexibility index (Phi) is 6.74. The normalized spacial score (nSPS) is 11.1. The van der Waals surface area contributed by atoms with Gasteiger partial charge in [0.15, 0.2) is 23.1 Å². The molecule has 5 heteroatoms. The number of nitrogens with zero attached hydrogens (tertiary/aromatic N) is 4. The van der Waals surface area contributed by atoms with Gasteiger partial charge < -0.3 is 4.42 Å². The molecule has 8 aromatic rings. The van der Waals surface area contributed by atoms with E-state index in [9.17, 15) is 0 Å². The minimum absolute atomic E-state index is 0.598. The van der Waals surface area contributed by atoms with Gasteiger partial charge in [0.2, 0.25) is 5.89 Å². The zero-order valence-corrected chi connectivity index (χ0v) is 24.2. The van der Waals surface area contributed by atoms with Gasteiger partial charge in [-0.3, -0.25) is 0 Å². The number of benzene rings is 6. The first-order valence-corrected chi connectivity index (χ1v) is 14.8. The molecule has 0 saturated heterocycles. The Morgan fingerprint density at radius 3 is 1.38 bits per heavy atom. The number of fused-ring (bicyclic) bond motifs is 1. The van der Waals surface area contributed by atoms with E-state index in [1.165, 1.54) is 0 Å². The van der Waals surface area contributed by atoms with Gasteiger partial charge in [0.1, 0.15) is 5.52 Å². The monoisotopic (exact) mass is 578 g/mol. The summed E-state index contributed by atoms with van der Waals surface area (Å²) in [6, 6.07) is 52.9. The van der Waals surface area contributed by atoms with Crippen LogP contribution in [-0.4, -0.2) is 19.9 Å². The lowest BCUT2D eigenvalue weighted by molar-refractivity contribution is 0.620. The highest BCUT2D eigenvalue weighted by Crippen LogP contribution is 2.37. The highest BCUT2D eigenvalue weighted by atomic mass is 16.3. The molecule has 0 aliphatic carbocycles. The molecular formula is C40H26N4O. The molecule has 0 aliphatic rings. The summed E-state index contributed by atoms with van der Waals surface area (Å²) in [5, 5.41) is 0. The fraction of sp³-hybridized carbons (Fsp3) is 0. The van der Waals surface area contributed by atoms with Gasteiger partial charge in [0.05, 0.1) is 0 Å². The number of hydrogen-bond donors (Lipinski definition) is 0. The SMILES string of the molecule is c1ccc(-c2nc(-c3ccccc3)nc(-c3cccc(-c4cc(-c5ccccc5)c5nc(-c6ccccc6)oc5c4)c3)n2)cc1. The zero-order valence-electron chi connectivity index (χ0n) is 24.2. The number of rotatable bonds is 6. The van der Waals surface area contributed by atoms with Crippen LogP contribution >= 0.6 is 0 Å². The summed E-state index contributed by atoms with van der Waals surface area (Å²) < 4.78 is 6.38. The number of oxazole rings is 1. The van der Waals surface area contributed by atoms with E-state index in [2.05, 4.69) is 36.4 Å². The number of hydrogen-bond acceptors (Lipinski definition) is 5. The second kappa shape index (κ2) is 11.5. The van der Waals surface area contributed by atoms with Gasteiger partial charge in [-0.1, -0.05) is 127 Å². The fourth-order valence-electron chi connectivity index (χ4n) is 5.51. The maximum atomic E-state index is 6.38. The van der Waals surface area contributed by atoms with Crippen molar-refractivity contribution in [2.75, 3.05) is 0 Å². The molecule has 0 atom stereocenters. The van der Waals surface area contributed by atoms with E-state index in [0.29, 0.717) is 23.4 Å². The van der Waals surface area contributed by atoms with E-state index in [0.717, 1.165) is 55.6 Å². The summed E-state index contributed by atoms with van der Waals surface area (Å²) in [4.78, 5) is 19.7. The molecule has 0 fully saturated rings. The molecule has 0 unspecified atom stereocenters. The third-order valence-corrected chi connectivity index (χ3v) is 7.75. The van der Waals surface area contributed by atoms with Gasteiger partial charge in [-0.2, -0.15) is 0 Å². The van der Waals surface area contributed by atoms with Crippen molar-refractivity contribution >= 4 is 11.1 Å². The summed E-state index contributed by atoms with van der Waals surface area (Å²) in [5.74, 6) is 2.47. The Bertz CT molecular complexity index is 2190. The van der Waals surface area contributed by atoms with Crippen LogP contribution in [0.25, 0.3) is 79.0 Å². The molecule has 212 valence electrons. The van der Waals surface area contributed by atoms with Crippen LogP contribution in [0.4, 0.5) is 0 Å². The third kappa shape index (κ3) is 5.28. The molecule has 0 amide bonds. The Hall–Kier alpha value is -6.20. The van der Waals surface area contributed by atoms with E-state index in [4.69, 9.17) is 24.4 Å². The minimum atomic E-state index is 0.598. The smallest absolute Gasteiger partial charge is 0.227 e.